The molecule has 2 atom stereocenters. The van der Waals surface area contributed by atoms with E-state index in [1.807, 2.05) is 0 Å². The maximum Gasteiger partial charge on any atom is 0.181 e. The van der Waals surface area contributed by atoms with Gasteiger partial charge in [-0.25, -0.2) is 4.39 Å². The van der Waals surface area contributed by atoms with Crippen LogP contribution in [0.1, 0.15) is 28.9 Å². The number of carbonyl (C=O) groups excluding carboxylic acids is 2. The van der Waals surface area contributed by atoms with Crippen LogP contribution in [0.2, 0.25) is 0 Å². The number of carbonyl (C=O) groups is 2. The number of hydrogen-bond acceptors (Lipinski definition) is 3. The molecule has 0 spiro atoms. The number of pyridine rings is 1. The number of aryl methyl sites for hydroxylation is 1. The van der Waals surface area contributed by atoms with Crippen LogP contribution in [0.5, 0.6) is 0 Å². The van der Waals surface area contributed by atoms with Crippen LogP contribution in [0.4, 0.5) is 4.39 Å². The summed E-state index contributed by atoms with van der Waals surface area (Å²) in [5.74, 6) is -1.19. The third kappa shape index (κ3) is 3.26. The Balaban J connectivity index is 1.94. The predicted octanol–water partition coefficient (Wildman–Crippen LogP) is 3.00. The minimum atomic E-state index is -1.29. The summed E-state index contributed by atoms with van der Waals surface area (Å²) >= 11 is 0. The smallest absolute Gasteiger partial charge is 0.181 e. The number of allylic oxidation sites excluding steroid dienone is 4. The first-order valence-electron chi connectivity index (χ1n) is 6.56. The topological polar surface area (TPSA) is 47.0 Å². The fourth-order valence-electron chi connectivity index (χ4n) is 2.16. The molecule has 2 rings (SSSR count). The highest BCUT2D eigenvalue weighted by Crippen LogP contribution is 2.20. The van der Waals surface area contributed by atoms with Crippen LogP contribution in [0.25, 0.3) is 0 Å². The zero-order valence-electron chi connectivity index (χ0n) is 11.3. The lowest BCUT2D eigenvalue weighted by Crippen LogP contribution is -2.24. The molecule has 1 aliphatic carbocycles. The van der Waals surface area contributed by atoms with Gasteiger partial charge in [-0.15, -0.1) is 0 Å². The number of aromatic nitrogens is 1. The molecule has 0 amide bonds. The second-order valence-electron chi connectivity index (χ2n) is 4.80. The van der Waals surface area contributed by atoms with E-state index in [0.29, 0.717) is 5.69 Å². The fraction of sp³-hybridized carbons (Fsp3) is 0.312. The maximum atomic E-state index is 13.6. The summed E-state index contributed by atoms with van der Waals surface area (Å²) in [7, 11) is 0. The number of ketones is 2. The number of nitrogens with zero attached hydrogens (tertiary/aromatic N) is 1. The molecule has 104 valence electrons. The van der Waals surface area contributed by atoms with E-state index in [1.54, 1.807) is 43.5 Å². The van der Waals surface area contributed by atoms with E-state index in [2.05, 4.69) is 4.98 Å². The van der Waals surface area contributed by atoms with Crippen molar-refractivity contribution in [1.82, 2.24) is 4.98 Å². The lowest BCUT2D eigenvalue weighted by atomic mass is 9.91. The Morgan fingerprint density at radius 2 is 2.00 bits per heavy atom. The quantitative estimate of drug-likeness (QED) is 0.775. The van der Waals surface area contributed by atoms with Gasteiger partial charge in [0.05, 0.1) is 5.92 Å². The van der Waals surface area contributed by atoms with Gasteiger partial charge in [-0.2, -0.15) is 0 Å². The maximum absolute atomic E-state index is 13.6. The summed E-state index contributed by atoms with van der Waals surface area (Å²) in [6.07, 6.45) is 6.50. The summed E-state index contributed by atoms with van der Waals surface area (Å²) in [6.45, 7) is 1.80. The molecule has 1 heterocycles. The Morgan fingerprint density at radius 1 is 1.25 bits per heavy atom. The standard InChI is InChI=1S/C16H16FNO2/c1-11-5-4-10-18-16(11)15(20)9-8-14(19)12-6-2-3-7-13(12)17/h2-7,10,12-13H,8-9H2,1H3. The molecule has 4 heteroatoms. The van der Waals surface area contributed by atoms with Gasteiger partial charge >= 0.3 is 0 Å². The molecule has 0 N–H and O–H groups in total. The minimum Gasteiger partial charge on any atom is -0.299 e. The third-order valence-corrected chi connectivity index (χ3v) is 3.31. The normalized spacial score (nSPS) is 20.9. The summed E-state index contributed by atoms with van der Waals surface area (Å²) in [5, 5.41) is 0. The molecular weight excluding hydrogens is 257 g/mol. The number of Topliss-reactive ketones (excluding diaryl/α,β-unsaturated/α-hetero) is 2. The first-order chi connectivity index (χ1) is 9.59. The van der Waals surface area contributed by atoms with E-state index in [1.165, 1.54) is 6.08 Å². The van der Waals surface area contributed by atoms with Crippen LogP contribution in [0.15, 0.2) is 42.6 Å². The van der Waals surface area contributed by atoms with Gasteiger partial charge in [-0.1, -0.05) is 24.3 Å². The number of alkyl halides is 1. The Bertz CT molecular complexity index is 578. The molecule has 2 unspecified atom stereocenters. The van der Waals surface area contributed by atoms with Crippen molar-refractivity contribution in [3.8, 4) is 0 Å². The monoisotopic (exact) mass is 273 g/mol. The lowest BCUT2D eigenvalue weighted by Gasteiger charge is -2.15. The summed E-state index contributed by atoms with van der Waals surface area (Å²) in [4.78, 5) is 27.9. The molecule has 0 fully saturated rings. The van der Waals surface area contributed by atoms with Gasteiger partial charge in [-0.3, -0.25) is 14.6 Å². The second kappa shape index (κ2) is 6.37. The van der Waals surface area contributed by atoms with E-state index in [-0.39, 0.29) is 24.4 Å². The van der Waals surface area contributed by atoms with Crippen molar-refractivity contribution in [3.05, 3.63) is 53.9 Å². The Kier molecular flexibility index (Phi) is 4.56. The van der Waals surface area contributed by atoms with Crippen LogP contribution in [-0.2, 0) is 4.79 Å². The molecule has 1 aromatic rings. The van der Waals surface area contributed by atoms with E-state index in [9.17, 15) is 14.0 Å². The van der Waals surface area contributed by atoms with Crippen LogP contribution >= 0.6 is 0 Å². The van der Waals surface area contributed by atoms with E-state index in [0.717, 1.165) is 5.56 Å². The van der Waals surface area contributed by atoms with Crippen molar-refractivity contribution in [2.24, 2.45) is 5.92 Å². The number of halogens is 1. The molecule has 0 saturated carbocycles. The van der Waals surface area contributed by atoms with E-state index < -0.39 is 12.1 Å². The Labute approximate surface area is 117 Å². The minimum absolute atomic E-state index is 0.0398. The molecule has 20 heavy (non-hydrogen) atoms. The number of hydrogen-bond donors (Lipinski definition) is 0. The summed E-state index contributed by atoms with van der Waals surface area (Å²) < 4.78 is 13.6. The second-order valence-corrected chi connectivity index (χ2v) is 4.80. The van der Waals surface area contributed by atoms with Crippen LogP contribution in [0.3, 0.4) is 0 Å². The lowest BCUT2D eigenvalue weighted by molar-refractivity contribution is -0.122. The average Bonchev–Trinajstić information content (AvgIpc) is 2.45. The molecule has 0 aromatic carbocycles. The summed E-state index contributed by atoms with van der Waals surface area (Å²) in [5.41, 5.74) is 1.17. The molecule has 1 aromatic heterocycles. The highest BCUT2D eigenvalue weighted by molar-refractivity contribution is 5.98. The van der Waals surface area contributed by atoms with Crippen molar-refractivity contribution in [3.63, 3.8) is 0 Å². The molecule has 0 saturated heterocycles. The first kappa shape index (κ1) is 14.3. The summed E-state index contributed by atoms with van der Waals surface area (Å²) in [6, 6.07) is 3.55. The fourth-order valence-corrected chi connectivity index (χ4v) is 2.16. The third-order valence-electron chi connectivity index (χ3n) is 3.31. The molecule has 0 bridgehead atoms. The van der Waals surface area contributed by atoms with Gasteiger partial charge in [0.2, 0.25) is 0 Å². The van der Waals surface area contributed by atoms with Crippen LogP contribution < -0.4 is 0 Å². The highest BCUT2D eigenvalue weighted by Gasteiger charge is 2.25. The van der Waals surface area contributed by atoms with Gasteiger partial charge in [0.1, 0.15) is 17.6 Å². The van der Waals surface area contributed by atoms with Gasteiger partial charge in [0, 0.05) is 19.0 Å². The van der Waals surface area contributed by atoms with Crippen molar-refractivity contribution < 1.29 is 14.0 Å². The van der Waals surface area contributed by atoms with Crippen molar-refractivity contribution >= 4 is 11.6 Å². The number of rotatable bonds is 5. The molecule has 3 nitrogen and oxygen atoms in total. The van der Waals surface area contributed by atoms with Crippen molar-refractivity contribution in [2.45, 2.75) is 25.9 Å². The average molecular weight is 273 g/mol. The van der Waals surface area contributed by atoms with Gasteiger partial charge < -0.3 is 0 Å². The van der Waals surface area contributed by atoms with Gasteiger partial charge in [0.25, 0.3) is 0 Å². The molecule has 0 aliphatic heterocycles. The van der Waals surface area contributed by atoms with Crippen LogP contribution in [-0.4, -0.2) is 22.7 Å². The molecule has 0 radical (unpaired) electrons. The SMILES string of the molecule is Cc1cccnc1C(=O)CCC(=O)C1C=CC=CC1F. The van der Waals surface area contributed by atoms with Gasteiger partial charge in [0.15, 0.2) is 5.78 Å². The zero-order valence-corrected chi connectivity index (χ0v) is 11.3. The van der Waals surface area contributed by atoms with Gasteiger partial charge in [-0.05, 0) is 24.6 Å². The Morgan fingerprint density at radius 3 is 2.70 bits per heavy atom. The van der Waals surface area contributed by atoms with Crippen molar-refractivity contribution in [1.29, 1.82) is 0 Å². The van der Waals surface area contributed by atoms with E-state index in [4.69, 9.17) is 0 Å². The molecule has 1 aliphatic rings. The van der Waals surface area contributed by atoms with E-state index >= 15 is 0 Å². The molecular formula is C16H16FNO2. The zero-order chi connectivity index (χ0) is 14.5. The first-order valence-corrected chi connectivity index (χ1v) is 6.56. The van der Waals surface area contributed by atoms with Crippen molar-refractivity contribution in [2.75, 3.05) is 0 Å². The largest absolute Gasteiger partial charge is 0.299 e. The van der Waals surface area contributed by atoms with Crippen LogP contribution in [0, 0.1) is 12.8 Å². The predicted molar refractivity (Wildman–Crippen MR) is 74.2 cm³/mol. The highest BCUT2D eigenvalue weighted by atomic mass is 19.1. The Hall–Kier alpha value is -2.10.